The summed E-state index contributed by atoms with van der Waals surface area (Å²) in [5, 5.41) is 3.85. The quantitative estimate of drug-likeness (QED) is 0.669. The molecular weight excluding hydrogens is 260 g/mol. The minimum Gasteiger partial charge on any atom is -0.497 e. The van der Waals surface area contributed by atoms with Gasteiger partial charge in [0.15, 0.2) is 5.76 Å². The van der Waals surface area contributed by atoms with E-state index in [2.05, 4.69) is 10.5 Å². The molecule has 0 aliphatic heterocycles. The van der Waals surface area contributed by atoms with E-state index in [9.17, 15) is 4.79 Å². The molecule has 0 aliphatic carbocycles. The van der Waals surface area contributed by atoms with Crippen LogP contribution in [0.1, 0.15) is 16.1 Å². The monoisotopic (exact) mass is 274 g/mol. The molecule has 0 radical (unpaired) electrons. The fraction of sp³-hybridized carbons (Fsp3) is 0.143. The molecule has 1 amide bonds. The Labute approximate surface area is 116 Å². The van der Waals surface area contributed by atoms with E-state index >= 15 is 0 Å². The highest BCUT2D eigenvalue weighted by atomic mass is 16.5. The van der Waals surface area contributed by atoms with Crippen molar-refractivity contribution in [2.45, 2.75) is 0 Å². The van der Waals surface area contributed by atoms with Crippen LogP contribution in [0, 0.1) is 0 Å². The zero-order chi connectivity index (χ0) is 14.4. The first kappa shape index (κ1) is 13.7. The van der Waals surface area contributed by atoms with Gasteiger partial charge >= 0.3 is 5.91 Å². The van der Waals surface area contributed by atoms with E-state index in [0.29, 0.717) is 11.5 Å². The maximum Gasteiger partial charge on any atom is 0.307 e. The van der Waals surface area contributed by atoms with Gasteiger partial charge in [-0.05, 0) is 24.3 Å². The van der Waals surface area contributed by atoms with Crippen molar-refractivity contribution in [1.82, 2.24) is 5.43 Å². The second-order valence-electron chi connectivity index (χ2n) is 3.82. The number of ether oxygens (including phenoxy) is 2. The molecule has 0 atom stereocenters. The van der Waals surface area contributed by atoms with E-state index in [4.69, 9.17) is 13.9 Å². The molecule has 0 spiro atoms. The zero-order valence-corrected chi connectivity index (χ0v) is 11.1. The smallest absolute Gasteiger partial charge is 0.307 e. The number of rotatable bonds is 5. The van der Waals surface area contributed by atoms with Gasteiger partial charge in [0.1, 0.15) is 11.5 Å². The molecule has 0 bridgehead atoms. The number of nitrogens with one attached hydrogen (secondary N) is 1. The lowest BCUT2D eigenvalue weighted by Crippen LogP contribution is -2.16. The van der Waals surface area contributed by atoms with Crippen molar-refractivity contribution in [3.8, 4) is 11.5 Å². The molecule has 0 aliphatic rings. The fourth-order valence-electron chi connectivity index (χ4n) is 1.53. The van der Waals surface area contributed by atoms with E-state index < -0.39 is 5.91 Å². The van der Waals surface area contributed by atoms with Crippen LogP contribution in [0.5, 0.6) is 11.5 Å². The highest BCUT2D eigenvalue weighted by molar-refractivity contribution is 5.92. The molecule has 2 aromatic rings. The molecule has 2 rings (SSSR count). The van der Waals surface area contributed by atoms with Crippen LogP contribution in [0.2, 0.25) is 0 Å². The number of hydrogen-bond donors (Lipinski definition) is 1. The van der Waals surface area contributed by atoms with Gasteiger partial charge in [-0.1, -0.05) is 0 Å². The van der Waals surface area contributed by atoms with Crippen molar-refractivity contribution in [3.05, 3.63) is 47.9 Å². The number of furan rings is 1. The SMILES string of the molecule is COc1cc(C=NNC(=O)c2ccco2)cc(OC)c1. The number of amides is 1. The van der Waals surface area contributed by atoms with Crippen LogP contribution in [-0.2, 0) is 0 Å². The molecular formula is C14H14N2O4. The first-order chi connectivity index (χ1) is 9.72. The van der Waals surface area contributed by atoms with Gasteiger partial charge in [0.25, 0.3) is 0 Å². The van der Waals surface area contributed by atoms with Gasteiger partial charge in [-0.2, -0.15) is 5.10 Å². The third-order valence-corrected chi connectivity index (χ3v) is 2.50. The van der Waals surface area contributed by atoms with Crippen molar-refractivity contribution in [1.29, 1.82) is 0 Å². The maximum atomic E-state index is 11.6. The summed E-state index contributed by atoms with van der Waals surface area (Å²) in [6.45, 7) is 0. The zero-order valence-electron chi connectivity index (χ0n) is 11.1. The van der Waals surface area contributed by atoms with Crippen molar-refractivity contribution in [3.63, 3.8) is 0 Å². The van der Waals surface area contributed by atoms with Crippen LogP contribution in [0.4, 0.5) is 0 Å². The largest absolute Gasteiger partial charge is 0.497 e. The van der Waals surface area contributed by atoms with Crippen molar-refractivity contribution < 1.29 is 18.7 Å². The van der Waals surface area contributed by atoms with Gasteiger partial charge < -0.3 is 13.9 Å². The van der Waals surface area contributed by atoms with Crippen LogP contribution in [0.15, 0.2) is 46.1 Å². The number of hydrazone groups is 1. The molecule has 1 aromatic carbocycles. The lowest BCUT2D eigenvalue weighted by molar-refractivity contribution is 0.0927. The number of nitrogens with zero attached hydrogens (tertiary/aromatic N) is 1. The fourth-order valence-corrected chi connectivity index (χ4v) is 1.53. The average molecular weight is 274 g/mol. The molecule has 1 N–H and O–H groups in total. The number of benzene rings is 1. The number of carbonyl (C=O) groups excluding carboxylic acids is 1. The van der Waals surface area contributed by atoms with E-state index in [1.807, 2.05) is 0 Å². The summed E-state index contributed by atoms with van der Waals surface area (Å²) in [7, 11) is 3.13. The third kappa shape index (κ3) is 3.38. The van der Waals surface area contributed by atoms with Gasteiger partial charge in [0, 0.05) is 11.6 Å². The van der Waals surface area contributed by atoms with Crippen LogP contribution in [0.25, 0.3) is 0 Å². The molecule has 104 valence electrons. The van der Waals surface area contributed by atoms with Crippen LogP contribution < -0.4 is 14.9 Å². The predicted molar refractivity (Wildman–Crippen MR) is 73.3 cm³/mol. The molecule has 0 unspecified atom stereocenters. The summed E-state index contributed by atoms with van der Waals surface area (Å²) in [5.41, 5.74) is 3.10. The second-order valence-corrected chi connectivity index (χ2v) is 3.82. The molecule has 6 nitrogen and oxygen atoms in total. The standard InChI is InChI=1S/C14H14N2O4/c1-18-11-6-10(7-12(8-11)19-2)9-15-16-14(17)13-4-3-5-20-13/h3-9H,1-2H3,(H,16,17). The Morgan fingerprint density at radius 1 is 1.25 bits per heavy atom. The summed E-state index contributed by atoms with van der Waals surface area (Å²) in [4.78, 5) is 11.6. The Hall–Kier alpha value is -2.76. The van der Waals surface area contributed by atoms with E-state index in [-0.39, 0.29) is 5.76 Å². The highest BCUT2D eigenvalue weighted by Gasteiger charge is 2.06. The maximum absolute atomic E-state index is 11.6. The molecule has 0 saturated carbocycles. The average Bonchev–Trinajstić information content (AvgIpc) is 3.01. The molecule has 0 saturated heterocycles. The number of methoxy groups -OCH3 is 2. The topological polar surface area (TPSA) is 73.1 Å². The highest BCUT2D eigenvalue weighted by Crippen LogP contribution is 2.21. The van der Waals surface area contributed by atoms with Crippen molar-refractivity contribution in [2.75, 3.05) is 14.2 Å². The number of carbonyl (C=O) groups is 1. The normalized spacial score (nSPS) is 10.5. The van der Waals surface area contributed by atoms with E-state index in [1.165, 1.54) is 12.5 Å². The van der Waals surface area contributed by atoms with Gasteiger partial charge in [0.2, 0.25) is 0 Å². The van der Waals surface area contributed by atoms with Crippen molar-refractivity contribution in [2.24, 2.45) is 5.10 Å². The van der Waals surface area contributed by atoms with E-state index in [0.717, 1.165) is 5.56 Å². The Kier molecular flexibility index (Phi) is 4.39. The van der Waals surface area contributed by atoms with Gasteiger partial charge in [-0.25, -0.2) is 5.43 Å². The van der Waals surface area contributed by atoms with Gasteiger partial charge in [0.05, 0.1) is 26.7 Å². The Morgan fingerprint density at radius 3 is 2.50 bits per heavy atom. The Morgan fingerprint density at radius 2 is 1.95 bits per heavy atom. The molecule has 0 fully saturated rings. The first-order valence-corrected chi connectivity index (χ1v) is 5.83. The lowest BCUT2D eigenvalue weighted by Gasteiger charge is -2.05. The van der Waals surface area contributed by atoms with Gasteiger partial charge in [-0.15, -0.1) is 0 Å². The third-order valence-electron chi connectivity index (χ3n) is 2.50. The van der Waals surface area contributed by atoms with Crippen LogP contribution >= 0.6 is 0 Å². The summed E-state index contributed by atoms with van der Waals surface area (Å²) in [6, 6.07) is 8.47. The summed E-state index contributed by atoms with van der Waals surface area (Å²) >= 11 is 0. The number of hydrogen-bond acceptors (Lipinski definition) is 5. The summed E-state index contributed by atoms with van der Waals surface area (Å²) in [5.74, 6) is 1.07. The first-order valence-electron chi connectivity index (χ1n) is 5.83. The predicted octanol–water partition coefficient (Wildman–Crippen LogP) is 2.06. The Balaban J connectivity index is 2.05. The van der Waals surface area contributed by atoms with Crippen LogP contribution in [0.3, 0.4) is 0 Å². The molecule has 1 aromatic heterocycles. The van der Waals surface area contributed by atoms with Gasteiger partial charge in [-0.3, -0.25) is 4.79 Å². The van der Waals surface area contributed by atoms with Crippen molar-refractivity contribution >= 4 is 12.1 Å². The second kappa shape index (κ2) is 6.42. The lowest BCUT2D eigenvalue weighted by atomic mass is 10.2. The minimum atomic E-state index is -0.416. The molecule has 6 heteroatoms. The summed E-state index contributed by atoms with van der Waals surface area (Å²) < 4.78 is 15.2. The Bertz CT molecular complexity index is 583. The van der Waals surface area contributed by atoms with Crippen LogP contribution in [-0.4, -0.2) is 26.3 Å². The summed E-state index contributed by atoms with van der Waals surface area (Å²) in [6.07, 6.45) is 2.91. The van der Waals surface area contributed by atoms with E-state index in [1.54, 1.807) is 44.6 Å². The molecule has 1 heterocycles. The molecule has 20 heavy (non-hydrogen) atoms. The minimum absolute atomic E-state index is 0.199.